The molecule has 0 aliphatic carbocycles. The van der Waals surface area contributed by atoms with Crippen LogP contribution in [-0.2, 0) is 21.5 Å². The number of fused-ring (bicyclic) bond motifs is 1. The van der Waals surface area contributed by atoms with Crippen LogP contribution in [-0.4, -0.2) is 52.8 Å². The number of aromatic amines is 1. The molecular formula is C26H29N7O5S. The number of amides is 1. The van der Waals surface area contributed by atoms with E-state index in [4.69, 9.17) is 0 Å². The van der Waals surface area contributed by atoms with Crippen molar-refractivity contribution in [2.24, 2.45) is 0 Å². The summed E-state index contributed by atoms with van der Waals surface area (Å²) >= 11 is 0. The Kier molecular flexibility index (Phi) is 8.86. The van der Waals surface area contributed by atoms with Gasteiger partial charge in [-0.3, -0.25) is 9.89 Å². The van der Waals surface area contributed by atoms with Crippen LogP contribution >= 0.6 is 0 Å². The van der Waals surface area contributed by atoms with Crippen molar-refractivity contribution < 1.29 is 23.1 Å². The molecule has 0 radical (unpaired) electrons. The second kappa shape index (κ2) is 12.5. The van der Waals surface area contributed by atoms with Crippen molar-refractivity contribution >= 4 is 38.8 Å². The fraction of sp³-hybridized carbons (Fsp3) is 0.231. The second-order valence-corrected chi connectivity index (χ2v) is 10.3. The molecule has 4 aromatic rings. The Morgan fingerprint density at radius 1 is 1.00 bits per heavy atom. The van der Waals surface area contributed by atoms with Crippen LogP contribution in [0.3, 0.4) is 0 Å². The van der Waals surface area contributed by atoms with Gasteiger partial charge < -0.3 is 15.7 Å². The van der Waals surface area contributed by atoms with E-state index in [9.17, 15) is 23.1 Å². The minimum absolute atomic E-state index is 0.0645. The minimum atomic E-state index is -4.36. The van der Waals surface area contributed by atoms with Crippen molar-refractivity contribution in [1.29, 1.82) is 0 Å². The average molecular weight is 552 g/mol. The summed E-state index contributed by atoms with van der Waals surface area (Å²) in [6.45, 7) is 0.405. The summed E-state index contributed by atoms with van der Waals surface area (Å²) in [5.41, 5.74) is -0.775. The number of H-pyrrole nitrogens is 1. The smallest absolute Gasteiger partial charge is 0.345 e. The van der Waals surface area contributed by atoms with E-state index in [0.717, 1.165) is 0 Å². The number of rotatable bonds is 14. The highest BCUT2D eigenvalue weighted by Gasteiger charge is 2.43. The molecule has 1 atom stereocenters. The number of carboxylic acid groups (broad SMARTS) is 1. The van der Waals surface area contributed by atoms with Gasteiger partial charge in [0, 0.05) is 30.2 Å². The van der Waals surface area contributed by atoms with Gasteiger partial charge in [0.25, 0.3) is 16.1 Å². The molecule has 1 amide bonds. The highest BCUT2D eigenvalue weighted by Crippen LogP contribution is 2.18. The van der Waals surface area contributed by atoms with Crippen molar-refractivity contribution in [1.82, 2.24) is 29.9 Å². The molecule has 0 saturated carbocycles. The van der Waals surface area contributed by atoms with E-state index in [-0.39, 0.29) is 24.9 Å². The maximum absolute atomic E-state index is 13.2. The van der Waals surface area contributed by atoms with Gasteiger partial charge in [-0.15, -0.1) is 0 Å². The van der Waals surface area contributed by atoms with Gasteiger partial charge in [-0.25, -0.2) is 9.78 Å². The average Bonchev–Trinajstić information content (AvgIpc) is 3.41. The van der Waals surface area contributed by atoms with E-state index in [1.807, 2.05) is 6.07 Å². The Balaban J connectivity index is 1.50. The summed E-state index contributed by atoms with van der Waals surface area (Å²) < 4.78 is 30.5. The minimum Gasteiger partial charge on any atom is -0.478 e. The number of hydrogen-bond acceptors (Lipinski definition) is 7. The van der Waals surface area contributed by atoms with Crippen molar-refractivity contribution in [3.8, 4) is 0 Å². The first kappa shape index (κ1) is 27.7. The third-order valence-electron chi connectivity index (χ3n) is 5.96. The summed E-state index contributed by atoms with van der Waals surface area (Å²) in [5.74, 6) is -1.63. The molecule has 6 N–H and O–H groups in total. The third-order valence-corrected chi connectivity index (χ3v) is 7.10. The molecule has 39 heavy (non-hydrogen) atoms. The summed E-state index contributed by atoms with van der Waals surface area (Å²) in [6.07, 6.45) is 3.72. The van der Waals surface area contributed by atoms with Crippen LogP contribution in [0, 0.1) is 0 Å². The van der Waals surface area contributed by atoms with Gasteiger partial charge in [0.2, 0.25) is 5.66 Å². The van der Waals surface area contributed by atoms with Crippen LogP contribution in [0.2, 0.25) is 0 Å². The Labute approximate surface area is 225 Å². The van der Waals surface area contributed by atoms with E-state index in [1.54, 1.807) is 60.8 Å². The molecule has 2 heterocycles. The molecule has 0 fully saturated rings. The molecule has 0 saturated heterocycles. The number of carbonyl (C=O) groups excluding carboxylic acids is 1. The summed E-state index contributed by atoms with van der Waals surface area (Å²) in [4.78, 5) is 29.9. The molecule has 0 bridgehead atoms. The zero-order chi connectivity index (χ0) is 27.7. The fourth-order valence-corrected chi connectivity index (χ4v) is 5.06. The summed E-state index contributed by atoms with van der Waals surface area (Å²) in [5, 5.41) is 23.1. The van der Waals surface area contributed by atoms with Gasteiger partial charge in [-0.05, 0) is 55.2 Å². The Morgan fingerprint density at radius 2 is 1.79 bits per heavy atom. The van der Waals surface area contributed by atoms with E-state index >= 15 is 0 Å². The van der Waals surface area contributed by atoms with Crippen LogP contribution in [0.4, 0.5) is 5.82 Å². The normalized spacial score (nSPS) is 13.0. The van der Waals surface area contributed by atoms with E-state index < -0.39 is 27.7 Å². The molecule has 0 unspecified atom stereocenters. The molecular weight excluding hydrogens is 522 g/mol. The number of hydrogen-bond donors (Lipinski definition) is 6. The Bertz CT molecular complexity index is 1510. The van der Waals surface area contributed by atoms with Gasteiger partial charge in [-0.2, -0.15) is 23.0 Å². The van der Waals surface area contributed by atoms with Crippen LogP contribution in [0.15, 0.2) is 79.1 Å². The van der Waals surface area contributed by atoms with Crippen LogP contribution in [0.25, 0.3) is 10.9 Å². The zero-order valence-electron chi connectivity index (χ0n) is 20.9. The molecule has 2 aromatic carbocycles. The van der Waals surface area contributed by atoms with Gasteiger partial charge in [0.1, 0.15) is 5.82 Å². The predicted molar refractivity (Wildman–Crippen MR) is 146 cm³/mol. The van der Waals surface area contributed by atoms with Crippen molar-refractivity contribution in [3.63, 3.8) is 0 Å². The maximum Gasteiger partial charge on any atom is 0.345 e. The lowest BCUT2D eigenvalue weighted by molar-refractivity contribution is -0.145. The van der Waals surface area contributed by atoms with Gasteiger partial charge in [-0.1, -0.05) is 36.4 Å². The SMILES string of the molecule is O=C(N[C@@](CCCCNc1ccccn1)(NS(=O)(=O)NCc1ccccc1)C(=O)O)c1ccc2[nH]ncc2c1. The molecule has 0 aliphatic heterocycles. The first-order chi connectivity index (χ1) is 18.8. The first-order valence-corrected chi connectivity index (χ1v) is 13.7. The molecule has 0 spiro atoms. The summed E-state index contributed by atoms with van der Waals surface area (Å²) in [7, 11) is -4.36. The first-order valence-electron chi connectivity index (χ1n) is 12.2. The molecule has 204 valence electrons. The number of aromatic nitrogens is 3. The number of nitrogens with one attached hydrogen (secondary N) is 5. The molecule has 0 aliphatic rings. The lowest BCUT2D eigenvalue weighted by Crippen LogP contribution is -2.66. The number of pyridine rings is 1. The lowest BCUT2D eigenvalue weighted by atomic mass is 10.0. The van der Waals surface area contributed by atoms with Crippen molar-refractivity contribution in [2.75, 3.05) is 11.9 Å². The van der Waals surface area contributed by atoms with Crippen LogP contribution in [0.1, 0.15) is 35.2 Å². The number of benzene rings is 2. The number of unbranched alkanes of at least 4 members (excludes halogenated alkanes) is 1. The number of anilines is 1. The van der Waals surface area contributed by atoms with E-state index in [1.165, 1.54) is 12.3 Å². The van der Waals surface area contributed by atoms with Crippen molar-refractivity contribution in [3.05, 3.63) is 90.3 Å². The lowest BCUT2D eigenvalue weighted by Gasteiger charge is -2.31. The topological polar surface area (TPSA) is 178 Å². The van der Waals surface area contributed by atoms with Crippen molar-refractivity contribution in [2.45, 2.75) is 31.5 Å². The Morgan fingerprint density at radius 3 is 2.54 bits per heavy atom. The van der Waals surface area contributed by atoms with Gasteiger partial charge in [0.15, 0.2) is 0 Å². The number of aliphatic carboxylic acids is 1. The van der Waals surface area contributed by atoms with Crippen LogP contribution < -0.4 is 20.1 Å². The second-order valence-electron chi connectivity index (χ2n) is 8.85. The molecule has 2 aromatic heterocycles. The van der Waals surface area contributed by atoms with Crippen LogP contribution in [0.5, 0.6) is 0 Å². The largest absolute Gasteiger partial charge is 0.478 e. The zero-order valence-corrected chi connectivity index (χ0v) is 21.7. The highest BCUT2D eigenvalue weighted by atomic mass is 32.2. The van der Waals surface area contributed by atoms with Gasteiger partial charge >= 0.3 is 5.97 Å². The predicted octanol–water partition coefficient (Wildman–Crippen LogP) is 2.38. The highest BCUT2D eigenvalue weighted by molar-refractivity contribution is 7.87. The van der Waals surface area contributed by atoms with Gasteiger partial charge in [0.05, 0.1) is 11.7 Å². The molecule has 12 nitrogen and oxygen atoms in total. The summed E-state index contributed by atoms with van der Waals surface area (Å²) in [6, 6.07) is 18.9. The Hall–Kier alpha value is -4.33. The number of carboxylic acids is 1. The maximum atomic E-state index is 13.2. The standard InChI is InChI=1S/C26H29N7O5S/c34-24(20-11-12-22-21(16-20)18-29-32-22)31-26(25(35)36,13-5-7-15-28-23-10-4-6-14-27-23)33-39(37,38)30-17-19-8-2-1-3-9-19/h1-4,6,8-12,14,16,18,30,33H,5,7,13,15,17H2,(H,27,28)(H,29,32)(H,31,34)(H,35,36)/t26-/m0/s1. The number of carbonyl (C=O) groups is 2. The third kappa shape index (κ3) is 7.60. The molecule has 4 rings (SSSR count). The number of nitrogens with zero attached hydrogens (tertiary/aromatic N) is 2. The monoisotopic (exact) mass is 551 g/mol. The fourth-order valence-electron chi connectivity index (χ4n) is 3.93. The quantitative estimate of drug-likeness (QED) is 0.102. The molecule has 13 heteroatoms. The van der Waals surface area contributed by atoms with E-state index in [0.29, 0.717) is 35.2 Å². The van der Waals surface area contributed by atoms with E-state index in [2.05, 4.69) is 35.3 Å².